The van der Waals surface area contributed by atoms with Gasteiger partial charge >= 0.3 is 5.82 Å². The van der Waals surface area contributed by atoms with Crippen LogP contribution in [-0.4, -0.2) is 34.1 Å². The molecule has 1 fully saturated rings. The van der Waals surface area contributed by atoms with Gasteiger partial charge in [-0.15, -0.1) is 0 Å². The highest BCUT2D eigenvalue weighted by Gasteiger charge is 2.29. The zero-order chi connectivity index (χ0) is 12.4. The van der Waals surface area contributed by atoms with Crippen LogP contribution in [0.1, 0.15) is 12.8 Å². The number of rotatable bonds is 3. The van der Waals surface area contributed by atoms with Crippen LogP contribution in [0.15, 0.2) is 6.33 Å². The number of hydrogen-bond donors (Lipinski definition) is 1. The van der Waals surface area contributed by atoms with Gasteiger partial charge in [0.2, 0.25) is 12.1 Å². The summed E-state index contributed by atoms with van der Waals surface area (Å²) in [7, 11) is 1.78. The first-order chi connectivity index (χ1) is 8.13. The van der Waals surface area contributed by atoms with Crippen molar-refractivity contribution in [1.82, 2.24) is 9.55 Å². The third kappa shape index (κ3) is 2.23. The van der Waals surface area contributed by atoms with Crippen molar-refractivity contribution in [1.29, 1.82) is 0 Å². The SMILES string of the molecule is Cn1cnc([N+](=O)[O-])c1N1CCCC(CN)C1. The molecule has 0 spiro atoms. The molecular weight excluding hydrogens is 222 g/mol. The van der Waals surface area contributed by atoms with Gasteiger partial charge in [0.1, 0.15) is 0 Å². The largest absolute Gasteiger partial charge is 0.406 e. The second-order valence-corrected chi connectivity index (χ2v) is 4.45. The minimum Gasteiger partial charge on any atom is -0.358 e. The fourth-order valence-corrected chi connectivity index (χ4v) is 2.35. The van der Waals surface area contributed by atoms with Gasteiger partial charge in [-0.05, 0) is 35.2 Å². The van der Waals surface area contributed by atoms with Crippen molar-refractivity contribution in [3.05, 3.63) is 16.4 Å². The van der Waals surface area contributed by atoms with Crippen molar-refractivity contribution in [2.24, 2.45) is 18.7 Å². The highest BCUT2D eigenvalue weighted by Crippen LogP contribution is 2.29. The molecular formula is C10H17N5O2. The number of imidazole rings is 1. The van der Waals surface area contributed by atoms with E-state index in [0.29, 0.717) is 18.3 Å². The molecule has 0 amide bonds. The van der Waals surface area contributed by atoms with Gasteiger partial charge in [0, 0.05) is 20.1 Å². The van der Waals surface area contributed by atoms with Crippen LogP contribution in [0.5, 0.6) is 0 Å². The van der Waals surface area contributed by atoms with Gasteiger partial charge in [0.15, 0.2) is 0 Å². The predicted octanol–water partition coefficient (Wildman–Crippen LogP) is 0.503. The smallest absolute Gasteiger partial charge is 0.358 e. The number of piperidine rings is 1. The highest BCUT2D eigenvalue weighted by molar-refractivity contribution is 5.54. The molecule has 0 radical (unpaired) electrons. The van der Waals surface area contributed by atoms with E-state index in [1.807, 2.05) is 4.90 Å². The molecule has 7 heteroatoms. The van der Waals surface area contributed by atoms with Crippen molar-refractivity contribution in [3.8, 4) is 0 Å². The van der Waals surface area contributed by atoms with Crippen molar-refractivity contribution in [2.75, 3.05) is 24.5 Å². The molecule has 7 nitrogen and oxygen atoms in total. The lowest BCUT2D eigenvalue weighted by Crippen LogP contribution is -2.39. The molecule has 94 valence electrons. The maximum atomic E-state index is 10.9. The van der Waals surface area contributed by atoms with Gasteiger partial charge in [-0.3, -0.25) is 4.57 Å². The van der Waals surface area contributed by atoms with E-state index in [2.05, 4.69) is 4.98 Å². The second kappa shape index (κ2) is 4.70. The number of hydrogen-bond acceptors (Lipinski definition) is 5. The molecule has 0 aromatic carbocycles. The van der Waals surface area contributed by atoms with Crippen LogP contribution in [0.2, 0.25) is 0 Å². The minimum absolute atomic E-state index is 0.0647. The third-order valence-corrected chi connectivity index (χ3v) is 3.21. The van der Waals surface area contributed by atoms with Gasteiger partial charge < -0.3 is 20.7 Å². The van der Waals surface area contributed by atoms with Crippen molar-refractivity contribution in [2.45, 2.75) is 12.8 Å². The van der Waals surface area contributed by atoms with Crippen LogP contribution in [-0.2, 0) is 7.05 Å². The molecule has 2 rings (SSSR count). The van der Waals surface area contributed by atoms with E-state index in [9.17, 15) is 10.1 Å². The summed E-state index contributed by atoms with van der Waals surface area (Å²) in [6.07, 6.45) is 3.60. The average molecular weight is 239 g/mol. The Labute approximate surface area is 99.4 Å². The fraction of sp³-hybridized carbons (Fsp3) is 0.700. The van der Waals surface area contributed by atoms with E-state index in [1.54, 1.807) is 11.6 Å². The van der Waals surface area contributed by atoms with Crippen LogP contribution < -0.4 is 10.6 Å². The Kier molecular flexibility index (Phi) is 3.28. The summed E-state index contributed by atoms with van der Waals surface area (Å²) < 4.78 is 1.71. The lowest BCUT2D eigenvalue weighted by atomic mass is 9.98. The quantitative estimate of drug-likeness (QED) is 0.613. The Morgan fingerprint density at radius 1 is 1.71 bits per heavy atom. The maximum absolute atomic E-state index is 10.9. The van der Waals surface area contributed by atoms with Gasteiger partial charge in [-0.1, -0.05) is 0 Å². The summed E-state index contributed by atoms with van der Waals surface area (Å²) in [4.78, 5) is 16.3. The number of nitro groups is 1. The summed E-state index contributed by atoms with van der Waals surface area (Å²) in [5, 5.41) is 10.9. The lowest BCUT2D eigenvalue weighted by Gasteiger charge is -2.32. The van der Waals surface area contributed by atoms with Crippen LogP contribution in [0.3, 0.4) is 0 Å². The Bertz CT molecular complexity index is 417. The van der Waals surface area contributed by atoms with Crippen LogP contribution in [0.25, 0.3) is 0 Å². The van der Waals surface area contributed by atoms with Crippen LogP contribution in [0.4, 0.5) is 11.6 Å². The van der Waals surface area contributed by atoms with E-state index in [1.165, 1.54) is 6.33 Å². The third-order valence-electron chi connectivity index (χ3n) is 3.21. The Morgan fingerprint density at radius 3 is 3.12 bits per heavy atom. The average Bonchev–Trinajstić information content (AvgIpc) is 2.71. The molecule has 2 heterocycles. The zero-order valence-electron chi connectivity index (χ0n) is 9.87. The monoisotopic (exact) mass is 239 g/mol. The molecule has 1 atom stereocenters. The number of nitrogens with two attached hydrogens (primary N) is 1. The van der Waals surface area contributed by atoms with Crippen LogP contribution >= 0.6 is 0 Å². The molecule has 0 bridgehead atoms. The van der Waals surface area contributed by atoms with Gasteiger partial charge in [0.05, 0.1) is 0 Å². The molecule has 1 saturated heterocycles. The lowest BCUT2D eigenvalue weighted by molar-refractivity contribution is -0.388. The summed E-state index contributed by atoms with van der Waals surface area (Å²) in [6.45, 7) is 2.23. The van der Waals surface area contributed by atoms with Crippen LogP contribution in [0, 0.1) is 16.0 Å². The van der Waals surface area contributed by atoms with Crippen molar-refractivity contribution >= 4 is 11.6 Å². The van der Waals surface area contributed by atoms with Gasteiger partial charge in [-0.2, -0.15) is 0 Å². The molecule has 2 N–H and O–H groups in total. The number of aryl methyl sites for hydroxylation is 1. The molecule has 17 heavy (non-hydrogen) atoms. The minimum atomic E-state index is -0.429. The first-order valence-electron chi connectivity index (χ1n) is 5.74. The fourth-order valence-electron chi connectivity index (χ4n) is 2.35. The molecule has 1 aromatic heterocycles. The first-order valence-corrected chi connectivity index (χ1v) is 5.74. The van der Waals surface area contributed by atoms with Gasteiger partial charge in [-0.25, -0.2) is 0 Å². The highest BCUT2D eigenvalue weighted by atomic mass is 16.6. The maximum Gasteiger partial charge on any atom is 0.406 e. The van der Waals surface area contributed by atoms with E-state index >= 15 is 0 Å². The molecule has 1 aromatic rings. The Morgan fingerprint density at radius 2 is 2.47 bits per heavy atom. The summed E-state index contributed by atoms with van der Waals surface area (Å²) in [6, 6.07) is 0. The van der Waals surface area contributed by atoms with Crippen molar-refractivity contribution < 1.29 is 4.92 Å². The Hall–Kier alpha value is -1.63. The second-order valence-electron chi connectivity index (χ2n) is 4.45. The number of anilines is 1. The molecule has 1 aliphatic heterocycles. The Balaban J connectivity index is 2.26. The zero-order valence-corrected chi connectivity index (χ0v) is 9.87. The standard InChI is InChI=1S/C10H17N5O2/c1-13-7-12-9(15(16)17)10(13)14-4-2-3-8(5-11)6-14/h7-8H,2-6,11H2,1H3. The number of nitrogens with zero attached hydrogens (tertiary/aromatic N) is 4. The van der Waals surface area contributed by atoms with E-state index in [0.717, 1.165) is 25.9 Å². The topological polar surface area (TPSA) is 90.2 Å². The molecule has 0 saturated carbocycles. The molecule has 1 unspecified atom stereocenters. The first kappa shape index (κ1) is 11.8. The molecule has 1 aliphatic rings. The summed E-state index contributed by atoms with van der Waals surface area (Å²) in [5.74, 6) is 0.941. The summed E-state index contributed by atoms with van der Waals surface area (Å²) >= 11 is 0. The number of aromatic nitrogens is 2. The summed E-state index contributed by atoms with van der Waals surface area (Å²) in [5.41, 5.74) is 5.67. The van der Waals surface area contributed by atoms with E-state index < -0.39 is 4.92 Å². The van der Waals surface area contributed by atoms with Crippen molar-refractivity contribution in [3.63, 3.8) is 0 Å². The molecule has 0 aliphatic carbocycles. The predicted molar refractivity (Wildman–Crippen MR) is 63.9 cm³/mol. The van der Waals surface area contributed by atoms with Gasteiger partial charge in [0.25, 0.3) is 0 Å². The normalized spacial score (nSPS) is 20.6. The van der Waals surface area contributed by atoms with E-state index in [-0.39, 0.29) is 5.82 Å². The van der Waals surface area contributed by atoms with E-state index in [4.69, 9.17) is 5.73 Å².